The van der Waals surface area contributed by atoms with Crippen LogP contribution in [-0.2, 0) is 11.3 Å². The number of carbonyl (C=O) groups excluding carboxylic acids is 1. The van der Waals surface area contributed by atoms with E-state index in [1.165, 1.54) is 24.9 Å². The minimum Gasteiger partial charge on any atom is -0.383 e. The lowest BCUT2D eigenvalue weighted by atomic mass is 10.0. The zero-order valence-corrected chi connectivity index (χ0v) is 17.1. The molecule has 6 nitrogen and oxygen atoms in total. The Labute approximate surface area is 172 Å². The number of nitrogens with two attached hydrogens (primary N) is 1. The zero-order valence-electron chi connectivity index (χ0n) is 17.1. The number of rotatable bonds is 5. The van der Waals surface area contributed by atoms with E-state index in [0.29, 0.717) is 24.8 Å². The molecular formula is C23H30N4O2. The van der Waals surface area contributed by atoms with Crippen molar-refractivity contribution in [2.24, 2.45) is 0 Å². The van der Waals surface area contributed by atoms with Crippen LogP contribution in [0, 0.1) is 0 Å². The molecule has 1 aromatic heterocycles. The van der Waals surface area contributed by atoms with E-state index >= 15 is 0 Å². The summed E-state index contributed by atoms with van der Waals surface area (Å²) in [6, 6.07) is 11.2. The number of aromatic nitrogens is 1. The Morgan fingerprint density at radius 2 is 1.97 bits per heavy atom. The van der Waals surface area contributed by atoms with Crippen molar-refractivity contribution in [3.05, 3.63) is 47.7 Å². The average molecular weight is 395 g/mol. The third kappa shape index (κ3) is 4.77. The smallest absolute Gasteiger partial charge is 0.255 e. The van der Waals surface area contributed by atoms with Crippen molar-refractivity contribution < 1.29 is 9.53 Å². The normalized spacial score (nSPS) is 20.7. The summed E-state index contributed by atoms with van der Waals surface area (Å²) < 4.78 is 5.35. The maximum absolute atomic E-state index is 12.7. The van der Waals surface area contributed by atoms with Crippen molar-refractivity contribution in [2.45, 2.75) is 51.2 Å². The Morgan fingerprint density at radius 3 is 2.66 bits per heavy atom. The number of carbonyl (C=O) groups is 1. The molecule has 0 radical (unpaired) electrons. The van der Waals surface area contributed by atoms with Crippen LogP contribution in [0.25, 0.3) is 11.1 Å². The molecule has 0 spiro atoms. The van der Waals surface area contributed by atoms with Crippen LogP contribution in [0.5, 0.6) is 0 Å². The first kappa shape index (κ1) is 19.9. The van der Waals surface area contributed by atoms with Crippen LogP contribution in [0.2, 0.25) is 0 Å². The number of likely N-dealkylation sites (tertiary alicyclic amines) is 1. The van der Waals surface area contributed by atoms with Gasteiger partial charge in [0.05, 0.1) is 5.56 Å². The minimum absolute atomic E-state index is 0.131. The molecule has 1 atom stereocenters. The number of hydrogen-bond acceptors (Lipinski definition) is 5. The predicted octanol–water partition coefficient (Wildman–Crippen LogP) is 3.22. The van der Waals surface area contributed by atoms with Crippen molar-refractivity contribution in [1.82, 2.24) is 15.2 Å². The summed E-state index contributed by atoms with van der Waals surface area (Å²) in [6.07, 6.45) is 5.97. The van der Waals surface area contributed by atoms with E-state index in [0.717, 1.165) is 30.5 Å². The van der Waals surface area contributed by atoms with Gasteiger partial charge in [-0.25, -0.2) is 4.98 Å². The van der Waals surface area contributed by atoms with Gasteiger partial charge in [-0.05, 0) is 56.3 Å². The van der Waals surface area contributed by atoms with Gasteiger partial charge in [0.25, 0.3) is 5.91 Å². The lowest BCUT2D eigenvalue weighted by molar-refractivity contribution is 0.0697. The molecule has 0 bridgehead atoms. The second-order valence-electron chi connectivity index (χ2n) is 8.18. The van der Waals surface area contributed by atoms with E-state index in [-0.39, 0.29) is 17.8 Å². The standard InChI is InChI=1S/C23H30N4O2/c1-16-3-2-10-27(16)15-17-4-6-18(7-5-17)19-13-21(22(24)25-14-19)23(28)26-20-8-11-29-12-9-20/h4-7,13-14,16,20H,2-3,8-12,15H2,1H3,(H2,24,25)(H,26,28)/t16-/m1/s1. The molecule has 1 aromatic carbocycles. The van der Waals surface area contributed by atoms with E-state index in [2.05, 4.69) is 46.4 Å². The summed E-state index contributed by atoms with van der Waals surface area (Å²) >= 11 is 0. The molecule has 1 amide bonds. The zero-order chi connectivity index (χ0) is 20.2. The molecule has 154 valence electrons. The Bertz CT molecular complexity index is 846. The Morgan fingerprint density at radius 1 is 1.21 bits per heavy atom. The Balaban J connectivity index is 1.46. The highest BCUT2D eigenvalue weighted by Gasteiger charge is 2.21. The SMILES string of the molecule is C[C@@H]1CCCN1Cc1ccc(-c2cnc(N)c(C(=O)NC3CCOCC3)c2)cc1. The van der Waals surface area contributed by atoms with Crippen LogP contribution in [0.1, 0.15) is 48.5 Å². The lowest BCUT2D eigenvalue weighted by Crippen LogP contribution is -2.39. The molecule has 2 aliphatic rings. The molecule has 0 aliphatic carbocycles. The van der Waals surface area contributed by atoms with Gasteiger partial charge in [0.1, 0.15) is 5.82 Å². The molecule has 3 N–H and O–H groups in total. The molecule has 0 unspecified atom stereocenters. The van der Waals surface area contributed by atoms with E-state index in [1.54, 1.807) is 6.20 Å². The molecule has 2 aliphatic heterocycles. The van der Waals surface area contributed by atoms with Gasteiger partial charge >= 0.3 is 0 Å². The molecule has 2 aromatic rings. The molecule has 2 fully saturated rings. The molecule has 6 heteroatoms. The van der Waals surface area contributed by atoms with Crippen molar-refractivity contribution in [3.8, 4) is 11.1 Å². The van der Waals surface area contributed by atoms with Gasteiger partial charge in [-0.3, -0.25) is 9.69 Å². The topological polar surface area (TPSA) is 80.5 Å². The summed E-state index contributed by atoms with van der Waals surface area (Å²) in [4.78, 5) is 19.5. The van der Waals surface area contributed by atoms with Crippen molar-refractivity contribution in [2.75, 3.05) is 25.5 Å². The van der Waals surface area contributed by atoms with Crippen LogP contribution >= 0.6 is 0 Å². The van der Waals surface area contributed by atoms with Gasteiger partial charge in [0, 0.05) is 43.6 Å². The fourth-order valence-electron chi connectivity index (χ4n) is 4.18. The van der Waals surface area contributed by atoms with Gasteiger partial charge in [-0.2, -0.15) is 0 Å². The Kier molecular flexibility index (Phi) is 6.11. The summed E-state index contributed by atoms with van der Waals surface area (Å²) in [5.41, 5.74) is 9.68. The van der Waals surface area contributed by atoms with Crippen molar-refractivity contribution >= 4 is 11.7 Å². The van der Waals surface area contributed by atoms with Crippen molar-refractivity contribution in [3.63, 3.8) is 0 Å². The summed E-state index contributed by atoms with van der Waals surface area (Å²) in [6.45, 7) is 5.83. The number of anilines is 1. The predicted molar refractivity (Wildman–Crippen MR) is 114 cm³/mol. The number of hydrogen-bond donors (Lipinski definition) is 2. The number of nitrogens with one attached hydrogen (secondary N) is 1. The fraction of sp³-hybridized carbons (Fsp3) is 0.478. The van der Waals surface area contributed by atoms with Crippen LogP contribution in [0.4, 0.5) is 5.82 Å². The highest BCUT2D eigenvalue weighted by molar-refractivity contribution is 5.99. The molecule has 4 rings (SSSR count). The van der Waals surface area contributed by atoms with Crippen LogP contribution < -0.4 is 11.1 Å². The second-order valence-corrected chi connectivity index (χ2v) is 8.18. The minimum atomic E-state index is -0.164. The highest BCUT2D eigenvalue weighted by Crippen LogP contribution is 2.25. The summed E-state index contributed by atoms with van der Waals surface area (Å²) in [5, 5.41) is 3.06. The molecule has 0 saturated carbocycles. The monoisotopic (exact) mass is 394 g/mol. The van der Waals surface area contributed by atoms with Crippen LogP contribution in [0.15, 0.2) is 36.5 Å². The first-order valence-electron chi connectivity index (χ1n) is 10.6. The van der Waals surface area contributed by atoms with E-state index < -0.39 is 0 Å². The summed E-state index contributed by atoms with van der Waals surface area (Å²) in [7, 11) is 0. The van der Waals surface area contributed by atoms with E-state index in [4.69, 9.17) is 10.5 Å². The van der Waals surface area contributed by atoms with E-state index in [9.17, 15) is 4.79 Å². The third-order valence-corrected chi connectivity index (χ3v) is 6.08. The molecular weight excluding hydrogens is 364 g/mol. The van der Waals surface area contributed by atoms with Gasteiger partial charge < -0.3 is 15.8 Å². The van der Waals surface area contributed by atoms with Crippen LogP contribution in [-0.4, -0.2) is 47.6 Å². The maximum Gasteiger partial charge on any atom is 0.255 e. The summed E-state index contributed by atoms with van der Waals surface area (Å²) in [5.74, 6) is 0.0985. The second kappa shape index (κ2) is 8.93. The number of nitrogens with zero attached hydrogens (tertiary/aromatic N) is 2. The van der Waals surface area contributed by atoms with Gasteiger partial charge in [-0.15, -0.1) is 0 Å². The number of benzene rings is 1. The van der Waals surface area contributed by atoms with E-state index in [1.807, 2.05) is 6.07 Å². The lowest BCUT2D eigenvalue weighted by Gasteiger charge is -2.23. The quantitative estimate of drug-likeness (QED) is 0.814. The highest BCUT2D eigenvalue weighted by atomic mass is 16.5. The first-order valence-corrected chi connectivity index (χ1v) is 10.6. The van der Waals surface area contributed by atoms with Gasteiger partial charge in [0.15, 0.2) is 0 Å². The van der Waals surface area contributed by atoms with Crippen LogP contribution in [0.3, 0.4) is 0 Å². The molecule has 29 heavy (non-hydrogen) atoms. The third-order valence-electron chi connectivity index (χ3n) is 6.08. The average Bonchev–Trinajstić information content (AvgIpc) is 3.14. The maximum atomic E-state index is 12.7. The fourth-order valence-corrected chi connectivity index (χ4v) is 4.18. The first-order chi connectivity index (χ1) is 14.1. The molecule has 3 heterocycles. The molecule has 2 saturated heterocycles. The van der Waals surface area contributed by atoms with Gasteiger partial charge in [-0.1, -0.05) is 24.3 Å². The number of ether oxygens (including phenoxy) is 1. The Hall–Kier alpha value is -2.44. The van der Waals surface area contributed by atoms with Gasteiger partial charge in [0.2, 0.25) is 0 Å². The number of amides is 1. The largest absolute Gasteiger partial charge is 0.383 e. The van der Waals surface area contributed by atoms with Crippen molar-refractivity contribution in [1.29, 1.82) is 0 Å². The number of nitrogen functional groups attached to an aromatic ring is 1. The number of pyridine rings is 1.